The van der Waals surface area contributed by atoms with Gasteiger partial charge in [0.25, 0.3) is 0 Å². The monoisotopic (exact) mass is 192 g/mol. The quantitative estimate of drug-likeness (QED) is 0.583. The van der Waals surface area contributed by atoms with E-state index in [9.17, 15) is 0 Å². The topological polar surface area (TPSA) is 0 Å². The molecule has 15 heavy (non-hydrogen) atoms. The van der Waals surface area contributed by atoms with E-state index in [1.165, 1.54) is 22.3 Å². The summed E-state index contributed by atoms with van der Waals surface area (Å²) in [7, 11) is 0. The number of hydrogen-bond acceptors (Lipinski definition) is 0. The molecule has 0 radical (unpaired) electrons. The number of hydrogen-bond donors (Lipinski definition) is 0. The molecule has 0 atom stereocenters. The Labute approximate surface area is 89.9 Å². The van der Waals surface area contributed by atoms with Crippen LogP contribution in [-0.2, 0) is 0 Å². The number of fused-ring (bicyclic) bond motifs is 5. The maximum atomic E-state index is 2.23. The summed E-state index contributed by atoms with van der Waals surface area (Å²) in [6.45, 7) is 0. The Morgan fingerprint density at radius 1 is 0.600 bits per heavy atom. The van der Waals surface area contributed by atoms with E-state index < -0.39 is 0 Å². The van der Waals surface area contributed by atoms with E-state index in [0.29, 0.717) is 0 Å². The lowest BCUT2D eigenvalue weighted by molar-refractivity contribution is 1.56. The Balaban J connectivity index is 2.29. The predicted octanol–water partition coefficient (Wildman–Crippen LogP) is 4.00. The second kappa shape index (κ2) is 3.39. The van der Waals surface area contributed by atoms with Crippen molar-refractivity contribution >= 4 is 11.1 Å². The largest absolute Gasteiger partial charge is 0.0623 e. The third-order valence-electron chi connectivity index (χ3n) is 2.93. The number of rotatable bonds is 0. The molecule has 0 unspecified atom stereocenters. The molecule has 72 valence electrons. The molecule has 2 bridgehead atoms. The van der Waals surface area contributed by atoms with Crippen LogP contribution >= 0.6 is 0 Å². The maximum absolute atomic E-state index is 2.23. The summed E-state index contributed by atoms with van der Waals surface area (Å²) in [4.78, 5) is 0. The summed E-state index contributed by atoms with van der Waals surface area (Å²) in [5.41, 5.74) is 5.70. The summed E-state index contributed by atoms with van der Waals surface area (Å²) in [5, 5.41) is 0. The van der Waals surface area contributed by atoms with Crippen LogP contribution in [0.25, 0.3) is 11.1 Å². The highest BCUT2D eigenvalue weighted by Gasteiger charge is 2.21. The van der Waals surface area contributed by atoms with Crippen molar-refractivity contribution in [1.29, 1.82) is 0 Å². The molecule has 0 nitrogen and oxygen atoms in total. The van der Waals surface area contributed by atoms with Crippen molar-refractivity contribution in [2.24, 2.45) is 0 Å². The average Bonchev–Trinajstić information content (AvgIpc) is 2.85. The SMILES string of the molecule is C1=C2CC(=C1)c1ccccccccc12. The van der Waals surface area contributed by atoms with Crippen molar-refractivity contribution in [3.05, 3.63) is 71.8 Å². The molecule has 0 saturated carbocycles. The van der Waals surface area contributed by atoms with Gasteiger partial charge in [-0.15, -0.1) is 0 Å². The molecule has 2 aliphatic rings. The fraction of sp³-hybridized carbons (Fsp3) is 0.0667. The highest BCUT2D eigenvalue weighted by molar-refractivity contribution is 5.97. The van der Waals surface area contributed by atoms with Gasteiger partial charge in [-0.25, -0.2) is 0 Å². The molecule has 0 fully saturated rings. The molecule has 2 aliphatic carbocycles. The Morgan fingerprint density at radius 2 is 1.07 bits per heavy atom. The predicted molar refractivity (Wildman–Crippen MR) is 64.6 cm³/mol. The third kappa shape index (κ3) is 1.39. The fourth-order valence-electron chi connectivity index (χ4n) is 2.19. The van der Waals surface area contributed by atoms with E-state index in [0.717, 1.165) is 6.42 Å². The molecule has 1 aromatic carbocycles. The van der Waals surface area contributed by atoms with Crippen molar-refractivity contribution in [1.82, 2.24) is 0 Å². The lowest BCUT2D eigenvalue weighted by Gasteiger charge is -1.99. The van der Waals surface area contributed by atoms with E-state index in [2.05, 4.69) is 48.6 Å². The summed E-state index contributed by atoms with van der Waals surface area (Å²) in [6.07, 6.45) is 5.59. The van der Waals surface area contributed by atoms with Gasteiger partial charge in [-0.1, -0.05) is 60.7 Å². The molecule has 3 rings (SSSR count). The highest BCUT2D eigenvalue weighted by Crippen LogP contribution is 2.43. The Bertz CT molecular complexity index is 470. The lowest BCUT2D eigenvalue weighted by atomic mass is 10.1. The van der Waals surface area contributed by atoms with Crippen LogP contribution in [-0.4, -0.2) is 0 Å². The van der Waals surface area contributed by atoms with E-state index in [-0.39, 0.29) is 0 Å². The number of allylic oxidation sites excluding steroid dienone is 4. The van der Waals surface area contributed by atoms with Crippen LogP contribution in [0.4, 0.5) is 0 Å². The van der Waals surface area contributed by atoms with Gasteiger partial charge in [0.2, 0.25) is 0 Å². The van der Waals surface area contributed by atoms with E-state index >= 15 is 0 Å². The Kier molecular flexibility index (Phi) is 1.92. The zero-order chi connectivity index (χ0) is 10.1. The van der Waals surface area contributed by atoms with Gasteiger partial charge in [0.1, 0.15) is 0 Å². The first-order chi connectivity index (χ1) is 7.45. The molecule has 0 saturated heterocycles. The molecule has 0 aliphatic heterocycles. The van der Waals surface area contributed by atoms with Crippen LogP contribution in [0.15, 0.2) is 60.7 Å². The summed E-state index contributed by atoms with van der Waals surface area (Å²) >= 11 is 0. The van der Waals surface area contributed by atoms with Gasteiger partial charge in [-0.3, -0.25) is 0 Å². The van der Waals surface area contributed by atoms with Crippen LogP contribution in [0.2, 0.25) is 0 Å². The van der Waals surface area contributed by atoms with Crippen LogP contribution in [0.5, 0.6) is 0 Å². The van der Waals surface area contributed by atoms with E-state index in [1.807, 2.05) is 12.1 Å². The molecular formula is C15H12. The highest BCUT2D eigenvalue weighted by atomic mass is 14.3. The zero-order valence-electron chi connectivity index (χ0n) is 8.48. The molecule has 0 N–H and O–H groups in total. The first kappa shape index (κ1) is 8.49. The molecule has 0 heteroatoms. The molecule has 0 heterocycles. The smallest absolute Gasteiger partial charge is 0.00135 e. The van der Waals surface area contributed by atoms with Crippen molar-refractivity contribution in [2.45, 2.75) is 6.42 Å². The first-order valence-electron chi connectivity index (χ1n) is 5.28. The normalized spacial score (nSPS) is 15.2. The van der Waals surface area contributed by atoms with Gasteiger partial charge in [0.05, 0.1) is 0 Å². The minimum atomic E-state index is 1.12. The second-order valence-electron chi connectivity index (χ2n) is 3.88. The minimum absolute atomic E-state index is 1.12. The zero-order valence-corrected chi connectivity index (χ0v) is 8.48. The fourth-order valence-corrected chi connectivity index (χ4v) is 2.19. The summed E-state index contributed by atoms with van der Waals surface area (Å²) in [5.74, 6) is 0. The van der Waals surface area contributed by atoms with Crippen LogP contribution in [0.1, 0.15) is 17.5 Å². The Hall–Kier alpha value is -1.82. The van der Waals surface area contributed by atoms with Crippen LogP contribution in [0.3, 0.4) is 0 Å². The van der Waals surface area contributed by atoms with Crippen molar-refractivity contribution < 1.29 is 0 Å². The van der Waals surface area contributed by atoms with Crippen molar-refractivity contribution in [3.63, 3.8) is 0 Å². The van der Waals surface area contributed by atoms with Crippen LogP contribution in [0, 0.1) is 0 Å². The van der Waals surface area contributed by atoms with Gasteiger partial charge in [0, 0.05) is 0 Å². The molecular weight excluding hydrogens is 180 g/mol. The van der Waals surface area contributed by atoms with Gasteiger partial charge in [-0.2, -0.15) is 0 Å². The average molecular weight is 192 g/mol. The van der Waals surface area contributed by atoms with Crippen molar-refractivity contribution in [2.75, 3.05) is 0 Å². The second-order valence-corrected chi connectivity index (χ2v) is 3.88. The van der Waals surface area contributed by atoms with E-state index in [1.54, 1.807) is 0 Å². The molecule has 0 spiro atoms. The molecule has 1 aromatic rings. The van der Waals surface area contributed by atoms with Gasteiger partial charge < -0.3 is 0 Å². The Morgan fingerprint density at radius 3 is 1.60 bits per heavy atom. The lowest BCUT2D eigenvalue weighted by Crippen LogP contribution is -1.79. The van der Waals surface area contributed by atoms with Gasteiger partial charge in [0.15, 0.2) is 0 Å². The third-order valence-corrected chi connectivity index (χ3v) is 2.93. The van der Waals surface area contributed by atoms with Crippen molar-refractivity contribution in [3.8, 4) is 0 Å². The summed E-state index contributed by atoms with van der Waals surface area (Å²) < 4.78 is 0. The van der Waals surface area contributed by atoms with Crippen LogP contribution < -0.4 is 0 Å². The standard InChI is InChI=1S/C15H12/c1-2-4-6-8-15-13-10-9-12(11-13)14(15)7-5-3-1/h1-10H,11H2. The van der Waals surface area contributed by atoms with E-state index in [4.69, 9.17) is 0 Å². The maximum Gasteiger partial charge on any atom is -0.00135 e. The molecule has 0 amide bonds. The minimum Gasteiger partial charge on any atom is -0.0623 e. The van der Waals surface area contributed by atoms with Gasteiger partial charge in [-0.05, 0) is 28.7 Å². The first-order valence-corrected chi connectivity index (χ1v) is 5.28. The molecule has 0 aromatic heterocycles. The summed E-state index contributed by atoms with van der Waals surface area (Å²) in [6, 6.07) is 16.9. The van der Waals surface area contributed by atoms with Gasteiger partial charge >= 0.3 is 0 Å².